The summed E-state index contributed by atoms with van der Waals surface area (Å²) in [5.74, 6) is -1.12. The van der Waals surface area contributed by atoms with Crippen molar-refractivity contribution in [3.8, 4) is 0 Å². The first-order valence-electron chi connectivity index (χ1n) is 8.98. The Morgan fingerprint density at radius 1 is 0.929 bits per heavy atom. The maximum Gasteiger partial charge on any atom is 0.278 e. The first-order chi connectivity index (χ1) is 13.5. The minimum atomic E-state index is -0.396. The average molecular weight is 401 g/mol. The van der Waals surface area contributed by atoms with Crippen molar-refractivity contribution in [3.63, 3.8) is 0 Å². The summed E-state index contributed by atoms with van der Waals surface area (Å²) in [6.07, 6.45) is 0. The van der Waals surface area contributed by atoms with E-state index in [0.29, 0.717) is 48.2 Å². The first-order valence-corrected chi connectivity index (χ1v) is 9.36. The lowest BCUT2D eigenvalue weighted by molar-refractivity contribution is -0.138. The van der Waals surface area contributed by atoms with Crippen LogP contribution in [0.2, 0.25) is 5.02 Å². The quantitative estimate of drug-likeness (QED) is 0.740. The Bertz CT molecular complexity index is 935. The molecule has 5 nitrogen and oxygen atoms in total. The molecular formula is C21H18ClFN2O3. The number of benzene rings is 2. The van der Waals surface area contributed by atoms with Crippen LogP contribution in [-0.2, 0) is 20.9 Å². The number of hydrogen-bond acceptors (Lipinski definition) is 4. The van der Waals surface area contributed by atoms with E-state index in [4.69, 9.17) is 16.3 Å². The van der Waals surface area contributed by atoms with Gasteiger partial charge in [-0.1, -0.05) is 35.9 Å². The van der Waals surface area contributed by atoms with Gasteiger partial charge in [-0.15, -0.1) is 0 Å². The normalized spacial score (nSPS) is 17.6. The van der Waals surface area contributed by atoms with E-state index in [1.54, 1.807) is 24.3 Å². The summed E-state index contributed by atoms with van der Waals surface area (Å²) >= 11 is 5.92. The predicted molar refractivity (Wildman–Crippen MR) is 103 cm³/mol. The van der Waals surface area contributed by atoms with Crippen molar-refractivity contribution in [1.82, 2.24) is 9.80 Å². The van der Waals surface area contributed by atoms with Crippen LogP contribution in [0.15, 0.2) is 54.2 Å². The van der Waals surface area contributed by atoms with Crippen molar-refractivity contribution in [2.45, 2.75) is 6.54 Å². The second-order valence-corrected chi connectivity index (χ2v) is 7.09. The van der Waals surface area contributed by atoms with Gasteiger partial charge in [0.05, 0.1) is 25.3 Å². The van der Waals surface area contributed by atoms with Crippen LogP contribution in [0.1, 0.15) is 11.1 Å². The number of carbonyl (C=O) groups excluding carboxylic acids is 2. The highest BCUT2D eigenvalue weighted by molar-refractivity contribution is 6.35. The number of nitrogens with zero attached hydrogens (tertiary/aromatic N) is 2. The Hall–Kier alpha value is -2.70. The number of amides is 2. The lowest BCUT2D eigenvalue weighted by Crippen LogP contribution is -2.40. The third-order valence-corrected chi connectivity index (χ3v) is 5.11. The molecule has 1 fully saturated rings. The Balaban J connectivity index is 1.72. The predicted octanol–water partition coefficient (Wildman–Crippen LogP) is 3.09. The lowest BCUT2D eigenvalue weighted by Gasteiger charge is -2.29. The average Bonchev–Trinajstić information content (AvgIpc) is 2.95. The second-order valence-electron chi connectivity index (χ2n) is 6.65. The van der Waals surface area contributed by atoms with Gasteiger partial charge in [-0.3, -0.25) is 14.5 Å². The largest absolute Gasteiger partial charge is 0.378 e. The number of halogens is 2. The number of morpholine rings is 1. The molecule has 2 aromatic carbocycles. The zero-order valence-electron chi connectivity index (χ0n) is 15.0. The summed E-state index contributed by atoms with van der Waals surface area (Å²) in [6, 6.07) is 12.7. The highest BCUT2D eigenvalue weighted by atomic mass is 35.5. The van der Waals surface area contributed by atoms with E-state index < -0.39 is 5.82 Å². The van der Waals surface area contributed by atoms with E-state index in [1.807, 2.05) is 4.90 Å². The molecule has 0 aliphatic carbocycles. The van der Waals surface area contributed by atoms with Gasteiger partial charge in [0.2, 0.25) is 0 Å². The van der Waals surface area contributed by atoms with Gasteiger partial charge in [0.25, 0.3) is 11.8 Å². The van der Waals surface area contributed by atoms with Crippen LogP contribution in [-0.4, -0.2) is 47.9 Å². The fourth-order valence-electron chi connectivity index (χ4n) is 3.44. The molecule has 0 N–H and O–H groups in total. The van der Waals surface area contributed by atoms with Gasteiger partial charge in [-0.25, -0.2) is 4.39 Å². The van der Waals surface area contributed by atoms with Crippen molar-refractivity contribution in [2.24, 2.45) is 0 Å². The van der Waals surface area contributed by atoms with Crippen LogP contribution in [0, 0.1) is 5.82 Å². The maximum absolute atomic E-state index is 13.4. The van der Waals surface area contributed by atoms with Crippen molar-refractivity contribution in [1.29, 1.82) is 0 Å². The molecule has 7 heteroatoms. The molecule has 2 aromatic rings. The highest BCUT2D eigenvalue weighted by Gasteiger charge is 2.41. The molecule has 0 atom stereocenters. The molecule has 2 amide bonds. The zero-order valence-corrected chi connectivity index (χ0v) is 15.8. The van der Waals surface area contributed by atoms with Crippen molar-refractivity contribution < 1.29 is 18.7 Å². The smallest absolute Gasteiger partial charge is 0.278 e. The van der Waals surface area contributed by atoms with Crippen LogP contribution in [0.4, 0.5) is 4.39 Å². The molecule has 0 spiro atoms. The molecule has 1 saturated heterocycles. The lowest BCUT2D eigenvalue weighted by atomic mass is 10.0. The minimum absolute atomic E-state index is 0.146. The minimum Gasteiger partial charge on any atom is -0.378 e. The Morgan fingerprint density at radius 2 is 1.57 bits per heavy atom. The second kappa shape index (κ2) is 7.73. The maximum atomic E-state index is 13.4. The van der Waals surface area contributed by atoms with Crippen LogP contribution in [0.25, 0.3) is 5.57 Å². The van der Waals surface area contributed by atoms with Gasteiger partial charge in [-0.05, 0) is 35.4 Å². The summed E-state index contributed by atoms with van der Waals surface area (Å²) < 4.78 is 18.8. The third-order valence-electron chi connectivity index (χ3n) is 4.86. The molecule has 0 unspecified atom stereocenters. The van der Waals surface area contributed by atoms with Gasteiger partial charge in [-0.2, -0.15) is 0 Å². The molecule has 0 aromatic heterocycles. The van der Waals surface area contributed by atoms with E-state index in [9.17, 15) is 14.0 Å². The summed E-state index contributed by atoms with van der Waals surface area (Å²) in [7, 11) is 0. The monoisotopic (exact) mass is 400 g/mol. The summed E-state index contributed by atoms with van der Waals surface area (Å²) in [6.45, 7) is 2.16. The fraction of sp³-hybridized carbons (Fsp3) is 0.238. The summed E-state index contributed by atoms with van der Waals surface area (Å²) in [4.78, 5) is 29.5. The summed E-state index contributed by atoms with van der Waals surface area (Å²) in [5.41, 5.74) is 1.99. The van der Waals surface area contributed by atoms with Crippen LogP contribution < -0.4 is 0 Å². The van der Waals surface area contributed by atoms with Gasteiger partial charge in [0, 0.05) is 18.1 Å². The molecule has 2 aliphatic rings. The van der Waals surface area contributed by atoms with E-state index in [2.05, 4.69) is 0 Å². The molecule has 28 heavy (non-hydrogen) atoms. The van der Waals surface area contributed by atoms with Crippen molar-refractivity contribution in [2.75, 3.05) is 26.3 Å². The molecule has 2 heterocycles. The first kappa shape index (κ1) is 18.7. The Morgan fingerprint density at radius 3 is 2.21 bits per heavy atom. The summed E-state index contributed by atoms with van der Waals surface area (Å²) in [5, 5.41) is 0.585. The molecule has 0 saturated carbocycles. The van der Waals surface area contributed by atoms with E-state index in [1.165, 1.54) is 29.2 Å². The molecular weight excluding hydrogens is 383 g/mol. The fourth-order valence-corrected chi connectivity index (χ4v) is 3.56. The van der Waals surface area contributed by atoms with Gasteiger partial charge in [0.15, 0.2) is 0 Å². The Kier molecular flexibility index (Phi) is 5.15. The number of carbonyl (C=O) groups is 2. The molecule has 144 valence electrons. The molecule has 4 rings (SSSR count). The third kappa shape index (κ3) is 3.53. The van der Waals surface area contributed by atoms with Gasteiger partial charge >= 0.3 is 0 Å². The van der Waals surface area contributed by atoms with Crippen LogP contribution >= 0.6 is 11.6 Å². The molecule has 0 radical (unpaired) electrons. The van der Waals surface area contributed by atoms with Gasteiger partial charge < -0.3 is 9.64 Å². The highest BCUT2D eigenvalue weighted by Crippen LogP contribution is 2.33. The van der Waals surface area contributed by atoms with Crippen LogP contribution in [0.3, 0.4) is 0 Å². The van der Waals surface area contributed by atoms with E-state index >= 15 is 0 Å². The standard InChI is InChI=1S/C21H18ClFN2O3/c22-16-5-1-14(2-6-16)13-25-20(26)18(15-3-7-17(23)8-4-15)19(21(25)27)24-9-11-28-12-10-24/h1-8H,9-13H2. The number of hydrogen-bond donors (Lipinski definition) is 0. The topological polar surface area (TPSA) is 49.9 Å². The SMILES string of the molecule is O=C1C(c2ccc(F)cc2)=C(N2CCOCC2)C(=O)N1Cc1ccc(Cl)cc1. The van der Waals surface area contributed by atoms with E-state index in [0.717, 1.165) is 5.56 Å². The van der Waals surface area contributed by atoms with E-state index in [-0.39, 0.29) is 18.4 Å². The Labute approximate surface area is 166 Å². The van der Waals surface area contributed by atoms with Crippen molar-refractivity contribution in [3.05, 3.63) is 76.2 Å². The van der Waals surface area contributed by atoms with Crippen LogP contribution in [0.5, 0.6) is 0 Å². The number of rotatable bonds is 4. The van der Waals surface area contributed by atoms with Gasteiger partial charge in [0.1, 0.15) is 11.5 Å². The van der Waals surface area contributed by atoms with Crippen molar-refractivity contribution >= 4 is 29.0 Å². The molecule has 0 bridgehead atoms. The molecule has 2 aliphatic heterocycles. The zero-order chi connectivity index (χ0) is 19.7. The number of ether oxygens (including phenoxy) is 1. The number of imide groups is 1.